The van der Waals surface area contributed by atoms with Crippen molar-refractivity contribution >= 4 is 38.3 Å². The van der Waals surface area contributed by atoms with E-state index in [1.807, 2.05) is 53.9 Å². The number of anilines is 1. The molecule has 0 spiro atoms. The number of carbonyl (C=O) groups is 1. The number of hydrogen-bond donors (Lipinski definition) is 1. The number of thiazole rings is 1. The Morgan fingerprint density at radius 1 is 1.04 bits per heavy atom. The van der Waals surface area contributed by atoms with E-state index in [2.05, 4.69) is 47.0 Å². The van der Waals surface area contributed by atoms with Crippen LogP contribution in [0.2, 0.25) is 0 Å². The second-order valence-corrected chi connectivity index (χ2v) is 8.60. The Labute approximate surface area is 160 Å². The van der Waals surface area contributed by atoms with Gasteiger partial charge in [-0.1, -0.05) is 61.0 Å². The fraction of sp³-hybridized carbons (Fsp3) is 0.200. The van der Waals surface area contributed by atoms with Gasteiger partial charge >= 0.3 is 0 Å². The Balaban J connectivity index is 1.72. The predicted octanol–water partition coefficient (Wildman–Crippen LogP) is 6.12. The standard InChI is InChI=1S/C20H19BrN2OS/c1-20(2,3)15-8-4-14(5-9-15)18(24)23-19-22-17(12-25-19)13-6-10-16(21)11-7-13/h4-12H,1-3H3,(H,22,23,24). The number of hydrogen-bond acceptors (Lipinski definition) is 3. The van der Waals surface area contributed by atoms with Crippen molar-refractivity contribution in [2.24, 2.45) is 0 Å². The van der Waals surface area contributed by atoms with E-state index in [-0.39, 0.29) is 11.3 Å². The van der Waals surface area contributed by atoms with Gasteiger partial charge in [0.25, 0.3) is 5.91 Å². The summed E-state index contributed by atoms with van der Waals surface area (Å²) in [5.41, 5.74) is 3.79. The molecule has 0 bridgehead atoms. The number of benzene rings is 2. The van der Waals surface area contributed by atoms with Crippen molar-refractivity contribution in [2.45, 2.75) is 26.2 Å². The fourth-order valence-corrected chi connectivity index (χ4v) is 3.35. The molecule has 128 valence electrons. The lowest BCUT2D eigenvalue weighted by Gasteiger charge is -2.18. The maximum absolute atomic E-state index is 12.4. The highest BCUT2D eigenvalue weighted by molar-refractivity contribution is 9.10. The van der Waals surface area contributed by atoms with E-state index >= 15 is 0 Å². The lowest BCUT2D eigenvalue weighted by molar-refractivity contribution is 0.102. The van der Waals surface area contributed by atoms with Gasteiger partial charge in [-0.2, -0.15) is 0 Å². The molecule has 0 fully saturated rings. The van der Waals surface area contributed by atoms with Crippen molar-refractivity contribution in [3.8, 4) is 11.3 Å². The van der Waals surface area contributed by atoms with E-state index in [4.69, 9.17) is 0 Å². The van der Waals surface area contributed by atoms with Gasteiger partial charge in [-0.3, -0.25) is 10.1 Å². The van der Waals surface area contributed by atoms with Gasteiger partial charge in [0.1, 0.15) is 0 Å². The summed E-state index contributed by atoms with van der Waals surface area (Å²) in [6, 6.07) is 15.7. The van der Waals surface area contributed by atoms with E-state index in [1.54, 1.807) is 0 Å². The van der Waals surface area contributed by atoms with Crippen LogP contribution < -0.4 is 5.32 Å². The first kappa shape index (κ1) is 17.8. The third-order valence-corrected chi connectivity index (χ3v) is 5.16. The van der Waals surface area contributed by atoms with Crippen molar-refractivity contribution in [3.63, 3.8) is 0 Å². The summed E-state index contributed by atoms with van der Waals surface area (Å²) in [5, 5.41) is 5.42. The monoisotopic (exact) mass is 414 g/mol. The van der Waals surface area contributed by atoms with Crippen LogP contribution in [0.3, 0.4) is 0 Å². The summed E-state index contributed by atoms with van der Waals surface area (Å²) in [6.45, 7) is 6.46. The topological polar surface area (TPSA) is 42.0 Å². The minimum absolute atomic E-state index is 0.0733. The number of halogens is 1. The maximum Gasteiger partial charge on any atom is 0.257 e. The van der Waals surface area contributed by atoms with Crippen molar-refractivity contribution in [2.75, 3.05) is 5.32 Å². The molecule has 0 saturated carbocycles. The second kappa shape index (κ2) is 7.10. The van der Waals surface area contributed by atoms with Crippen molar-refractivity contribution < 1.29 is 4.79 Å². The number of rotatable bonds is 3. The highest BCUT2D eigenvalue weighted by Gasteiger charge is 2.15. The van der Waals surface area contributed by atoms with Crippen LogP contribution in [0, 0.1) is 0 Å². The molecule has 0 saturated heterocycles. The molecule has 0 radical (unpaired) electrons. The number of nitrogens with one attached hydrogen (secondary N) is 1. The molecule has 0 aliphatic carbocycles. The molecule has 5 heteroatoms. The number of amides is 1. The molecule has 2 aromatic carbocycles. The van der Waals surface area contributed by atoms with Gasteiger partial charge in [-0.25, -0.2) is 4.98 Å². The van der Waals surface area contributed by atoms with E-state index in [0.29, 0.717) is 10.7 Å². The van der Waals surface area contributed by atoms with Crippen LogP contribution in [0.15, 0.2) is 58.4 Å². The number of aromatic nitrogens is 1. The van der Waals surface area contributed by atoms with Gasteiger partial charge in [-0.15, -0.1) is 11.3 Å². The summed E-state index contributed by atoms with van der Waals surface area (Å²) in [4.78, 5) is 16.9. The number of carbonyl (C=O) groups excluding carboxylic acids is 1. The average Bonchev–Trinajstić information content (AvgIpc) is 3.03. The van der Waals surface area contributed by atoms with E-state index in [9.17, 15) is 4.79 Å². The Morgan fingerprint density at radius 2 is 1.68 bits per heavy atom. The lowest BCUT2D eigenvalue weighted by Crippen LogP contribution is -2.14. The second-order valence-electron chi connectivity index (χ2n) is 6.83. The summed E-state index contributed by atoms with van der Waals surface area (Å²) < 4.78 is 1.03. The molecule has 0 unspecified atom stereocenters. The molecule has 0 aliphatic heterocycles. The first-order valence-electron chi connectivity index (χ1n) is 7.96. The zero-order valence-electron chi connectivity index (χ0n) is 14.3. The number of nitrogens with zero attached hydrogens (tertiary/aromatic N) is 1. The molecule has 1 heterocycles. The van der Waals surface area contributed by atoms with Crippen LogP contribution in [-0.2, 0) is 5.41 Å². The fourth-order valence-electron chi connectivity index (χ4n) is 2.38. The smallest absolute Gasteiger partial charge is 0.257 e. The van der Waals surface area contributed by atoms with Crippen LogP contribution in [0.25, 0.3) is 11.3 Å². The minimum atomic E-state index is -0.142. The van der Waals surface area contributed by atoms with E-state index < -0.39 is 0 Å². The molecule has 3 rings (SSSR count). The van der Waals surface area contributed by atoms with Gasteiger partial charge in [0.15, 0.2) is 5.13 Å². The highest BCUT2D eigenvalue weighted by Crippen LogP contribution is 2.27. The van der Waals surface area contributed by atoms with Crippen molar-refractivity contribution in [1.29, 1.82) is 0 Å². The zero-order valence-corrected chi connectivity index (χ0v) is 16.7. The van der Waals surface area contributed by atoms with Gasteiger partial charge in [0.2, 0.25) is 0 Å². The summed E-state index contributed by atoms with van der Waals surface area (Å²) >= 11 is 4.85. The first-order chi connectivity index (χ1) is 11.8. The Morgan fingerprint density at radius 3 is 2.28 bits per heavy atom. The SMILES string of the molecule is CC(C)(C)c1ccc(C(=O)Nc2nc(-c3ccc(Br)cc3)cs2)cc1. The first-order valence-corrected chi connectivity index (χ1v) is 9.63. The van der Waals surface area contributed by atoms with Crippen LogP contribution in [0.1, 0.15) is 36.7 Å². The van der Waals surface area contributed by atoms with Crippen LogP contribution in [0.5, 0.6) is 0 Å². The third-order valence-electron chi connectivity index (χ3n) is 3.88. The molecule has 1 amide bonds. The highest BCUT2D eigenvalue weighted by atomic mass is 79.9. The van der Waals surface area contributed by atoms with Crippen LogP contribution in [0.4, 0.5) is 5.13 Å². The summed E-state index contributed by atoms with van der Waals surface area (Å²) in [5.74, 6) is -0.142. The Kier molecular flexibility index (Phi) is 5.06. The zero-order chi connectivity index (χ0) is 18.0. The quantitative estimate of drug-likeness (QED) is 0.560. The molecule has 25 heavy (non-hydrogen) atoms. The van der Waals surface area contributed by atoms with Gasteiger partial charge in [0.05, 0.1) is 5.69 Å². The molecule has 3 nitrogen and oxygen atoms in total. The summed E-state index contributed by atoms with van der Waals surface area (Å²) in [6.07, 6.45) is 0. The van der Waals surface area contributed by atoms with Crippen molar-refractivity contribution in [1.82, 2.24) is 4.98 Å². The van der Waals surface area contributed by atoms with E-state index in [1.165, 1.54) is 16.9 Å². The van der Waals surface area contributed by atoms with Crippen LogP contribution >= 0.6 is 27.3 Å². The Bertz CT molecular complexity index is 877. The predicted molar refractivity (Wildman–Crippen MR) is 108 cm³/mol. The van der Waals surface area contributed by atoms with Gasteiger partial charge < -0.3 is 0 Å². The largest absolute Gasteiger partial charge is 0.298 e. The lowest BCUT2D eigenvalue weighted by atomic mass is 9.87. The maximum atomic E-state index is 12.4. The minimum Gasteiger partial charge on any atom is -0.298 e. The van der Waals surface area contributed by atoms with E-state index in [0.717, 1.165) is 15.7 Å². The van der Waals surface area contributed by atoms with Crippen molar-refractivity contribution in [3.05, 3.63) is 69.5 Å². The Hall–Kier alpha value is -1.98. The third kappa shape index (κ3) is 4.35. The molecular weight excluding hydrogens is 396 g/mol. The molecule has 3 aromatic rings. The molecule has 1 N–H and O–H groups in total. The van der Waals surface area contributed by atoms with Gasteiger partial charge in [-0.05, 0) is 35.2 Å². The molecule has 0 atom stereocenters. The molecule has 0 aliphatic rings. The van der Waals surface area contributed by atoms with Gasteiger partial charge in [0, 0.05) is 21.0 Å². The average molecular weight is 415 g/mol. The molecular formula is C20H19BrN2OS. The van der Waals surface area contributed by atoms with Crippen LogP contribution in [-0.4, -0.2) is 10.9 Å². The summed E-state index contributed by atoms with van der Waals surface area (Å²) in [7, 11) is 0. The normalized spacial score (nSPS) is 11.4. The molecule has 1 aromatic heterocycles.